The molecule has 2 atom stereocenters. The van der Waals surface area contributed by atoms with Crippen LogP contribution in [0.3, 0.4) is 0 Å². The van der Waals surface area contributed by atoms with E-state index in [0.717, 1.165) is 12.8 Å². The summed E-state index contributed by atoms with van der Waals surface area (Å²) in [6.45, 7) is 5.98. The van der Waals surface area contributed by atoms with Gasteiger partial charge < -0.3 is 5.11 Å². The number of aliphatic carboxylic acids is 1. The molecule has 0 heterocycles. The zero-order valence-electron chi connectivity index (χ0n) is 16.2. The molecule has 0 spiro atoms. The quantitative estimate of drug-likeness (QED) is 0.280. The maximum Gasteiger partial charge on any atom is 0.381 e. The van der Waals surface area contributed by atoms with E-state index < -0.39 is 11.6 Å². The second-order valence-electron chi connectivity index (χ2n) is 7.81. The molecule has 0 aliphatic heterocycles. The highest BCUT2D eigenvalue weighted by atomic mass is 16.4. The molecule has 0 saturated heterocycles. The minimum Gasteiger partial charge on any atom is -0.476 e. The third kappa shape index (κ3) is 7.67. The number of carboxylic acid groups (broad SMARTS) is 1. The first-order valence-corrected chi connectivity index (χ1v) is 9.54. The largest absolute Gasteiger partial charge is 0.476 e. The Morgan fingerprint density at radius 3 is 1.78 bits per heavy atom. The van der Waals surface area contributed by atoms with Gasteiger partial charge in [0.1, 0.15) is 0 Å². The molecule has 0 aromatic carbocycles. The molecule has 4 nitrogen and oxygen atoms in total. The van der Waals surface area contributed by atoms with Crippen molar-refractivity contribution in [1.82, 2.24) is 0 Å². The van der Waals surface area contributed by atoms with Crippen LogP contribution in [-0.2, 0) is 4.79 Å². The van der Waals surface area contributed by atoms with Gasteiger partial charge in [0.2, 0.25) is 5.66 Å². The van der Waals surface area contributed by atoms with Crippen LogP contribution in [0.15, 0.2) is 0 Å². The number of hydrogen-bond acceptors (Lipinski definition) is 2. The molecule has 0 aliphatic carbocycles. The third-order valence-electron chi connectivity index (χ3n) is 5.71. The lowest BCUT2D eigenvalue weighted by Gasteiger charge is -2.45. The van der Waals surface area contributed by atoms with Gasteiger partial charge in [0.05, 0.1) is 20.1 Å². The number of unbranched alkanes of at least 4 members (excludes halogenated alkanes) is 9. The lowest BCUT2D eigenvalue weighted by molar-refractivity contribution is -0.951. The average molecular weight is 330 g/mol. The van der Waals surface area contributed by atoms with Gasteiger partial charge in [-0.15, -0.1) is 0 Å². The summed E-state index contributed by atoms with van der Waals surface area (Å²) in [5.41, 5.74) is 4.79. The van der Waals surface area contributed by atoms with Crippen molar-refractivity contribution >= 4 is 5.97 Å². The summed E-state index contributed by atoms with van der Waals surface area (Å²) < 4.78 is 0.319. The summed E-state index contributed by atoms with van der Waals surface area (Å²) in [6, 6.07) is 0.246. The summed E-state index contributed by atoms with van der Waals surface area (Å²) in [6.07, 6.45) is 14.3. The maximum absolute atomic E-state index is 11.4. The van der Waals surface area contributed by atoms with Gasteiger partial charge in [-0.1, -0.05) is 64.7 Å². The highest BCUT2D eigenvalue weighted by Crippen LogP contribution is 2.23. The normalized spacial score (nSPS) is 16.1. The van der Waals surface area contributed by atoms with Gasteiger partial charge in [-0.25, -0.2) is 4.79 Å². The minimum atomic E-state index is -1.24. The van der Waals surface area contributed by atoms with Crippen LogP contribution >= 0.6 is 0 Å². The molecule has 3 N–H and O–H groups in total. The molecule has 23 heavy (non-hydrogen) atoms. The number of quaternary nitrogens is 1. The summed E-state index contributed by atoms with van der Waals surface area (Å²) in [5, 5.41) is 9.33. The standard InChI is InChI=1S/C19H40N2O2/c1-6-7-8-9-10-11-12-13-14-15-16-17(2)21(4,5)19(3,20)18(22)23/h17H,6-16,20H2,1-5H3/p+1. The van der Waals surface area contributed by atoms with Crippen LogP contribution < -0.4 is 5.73 Å². The predicted octanol–water partition coefficient (Wildman–Crippen LogP) is 4.52. The van der Waals surface area contributed by atoms with Crippen molar-refractivity contribution in [3.63, 3.8) is 0 Å². The Hall–Kier alpha value is -0.610. The molecule has 0 bridgehead atoms. The summed E-state index contributed by atoms with van der Waals surface area (Å²) in [7, 11) is 3.85. The first-order valence-electron chi connectivity index (χ1n) is 9.54. The second-order valence-corrected chi connectivity index (χ2v) is 7.81. The SMILES string of the molecule is CCCCCCCCCCCCC(C)[N+](C)(C)C(C)(N)C(=O)O. The van der Waals surface area contributed by atoms with Crippen molar-refractivity contribution in [2.24, 2.45) is 5.73 Å². The lowest BCUT2D eigenvalue weighted by atomic mass is 10.0. The van der Waals surface area contributed by atoms with Crippen LogP contribution in [0.4, 0.5) is 0 Å². The highest BCUT2D eigenvalue weighted by molar-refractivity contribution is 5.75. The number of carboxylic acids is 1. The maximum atomic E-state index is 11.4. The molecule has 0 rings (SSSR count). The number of carbonyl (C=O) groups is 1. The van der Waals surface area contributed by atoms with E-state index in [1.165, 1.54) is 57.8 Å². The molecule has 0 amide bonds. The summed E-state index contributed by atoms with van der Waals surface area (Å²) in [5.74, 6) is -0.933. The van der Waals surface area contributed by atoms with Gasteiger partial charge in [0, 0.05) is 6.92 Å². The van der Waals surface area contributed by atoms with Gasteiger partial charge in [-0.2, -0.15) is 0 Å². The molecule has 0 aliphatic rings. The van der Waals surface area contributed by atoms with Crippen LogP contribution in [0.5, 0.6) is 0 Å². The van der Waals surface area contributed by atoms with E-state index in [4.69, 9.17) is 5.73 Å². The van der Waals surface area contributed by atoms with Crippen molar-refractivity contribution < 1.29 is 14.4 Å². The van der Waals surface area contributed by atoms with E-state index in [1.807, 2.05) is 14.1 Å². The molecule has 138 valence electrons. The lowest BCUT2D eigenvalue weighted by Crippen LogP contribution is -2.70. The predicted molar refractivity (Wildman–Crippen MR) is 98.3 cm³/mol. The molecular formula is C19H41N2O2+. The fourth-order valence-corrected chi connectivity index (χ4v) is 2.95. The second kappa shape index (κ2) is 11.0. The third-order valence-corrected chi connectivity index (χ3v) is 5.71. The van der Waals surface area contributed by atoms with Crippen LogP contribution in [0.1, 0.15) is 91.4 Å². The van der Waals surface area contributed by atoms with Crippen molar-refractivity contribution in [3.05, 3.63) is 0 Å². The zero-order chi connectivity index (χ0) is 17.9. The van der Waals surface area contributed by atoms with E-state index in [9.17, 15) is 9.90 Å². The Morgan fingerprint density at radius 2 is 1.39 bits per heavy atom. The van der Waals surface area contributed by atoms with Crippen molar-refractivity contribution in [1.29, 1.82) is 0 Å². The van der Waals surface area contributed by atoms with Gasteiger partial charge in [0.25, 0.3) is 0 Å². The Balaban J connectivity index is 3.82. The minimum absolute atomic E-state index is 0.246. The summed E-state index contributed by atoms with van der Waals surface area (Å²) in [4.78, 5) is 11.4. The molecule has 4 heteroatoms. The molecule has 0 aromatic rings. The molecule has 2 unspecified atom stereocenters. The number of nitrogens with zero attached hydrogens (tertiary/aromatic N) is 1. The van der Waals surface area contributed by atoms with Crippen LogP contribution in [0.2, 0.25) is 0 Å². The number of nitrogens with two attached hydrogens (primary N) is 1. The van der Waals surface area contributed by atoms with Gasteiger partial charge in [-0.3, -0.25) is 10.2 Å². The van der Waals surface area contributed by atoms with E-state index >= 15 is 0 Å². The van der Waals surface area contributed by atoms with E-state index in [1.54, 1.807) is 6.92 Å². The molecular weight excluding hydrogens is 288 g/mol. The number of likely N-dealkylation sites (N-methyl/N-ethyl adjacent to an activating group) is 1. The highest BCUT2D eigenvalue weighted by Gasteiger charge is 2.47. The van der Waals surface area contributed by atoms with Crippen LogP contribution in [0, 0.1) is 0 Å². The first kappa shape index (κ1) is 22.4. The number of hydrogen-bond donors (Lipinski definition) is 2. The van der Waals surface area contributed by atoms with Crippen LogP contribution in [0.25, 0.3) is 0 Å². The van der Waals surface area contributed by atoms with Gasteiger partial charge in [0.15, 0.2) is 0 Å². The molecule has 0 aromatic heterocycles. The van der Waals surface area contributed by atoms with E-state index in [2.05, 4.69) is 13.8 Å². The Bertz CT molecular complexity index is 327. The van der Waals surface area contributed by atoms with Gasteiger partial charge >= 0.3 is 5.97 Å². The zero-order valence-corrected chi connectivity index (χ0v) is 16.2. The smallest absolute Gasteiger partial charge is 0.381 e. The van der Waals surface area contributed by atoms with Crippen molar-refractivity contribution in [3.8, 4) is 0 Å². The Kier molecular flexibility index (Phi) is 10.7. The van der Waals surface area contributed by atoms with Gasteiger partial charge in [-0.05, 0) is 19.8 Å². The molecule has 0 fully saturated rings. The average Bonchev–Trinajstić information content (AvgIpc) is 2.48. The van der Waals surface area contributed by atoms with E-state index in [-0.39, 0.29) is 6.04 Å². The fourth-order valence-electron chi connectivity index (χ4n) is 2.95. The molecule has 0 radical (unpaired) electrons. The Labute approximate surface area is 144 Å². The fraction of sp³-hybridized carbons (Fsp3) is 0.947. The first-order chi connectivity index (χ1) is 10.7. The summed E-state index contributed by atoms with van der Waals surface area (Å²) >= 11 is 0. The number of rotatable bonds is 14. The Morgan fingerprint density at radius 1 is 1.00 bits per heavy atom. The van der Waals surface area contributed by atoms with Crippen molar-refractivity contribution in [2.45, 2.75) is 103 Å². The molecule has 0 saturated carbocycles. The van der Waals surface area contributed by atoms with Crippen LogP contribution in [-0.4, -0.2) is 41.4 Å². The van der Waals surface area contributed by atoms with E-state index in [0.29, 0.717) is 4.48 Å². The van der Waals surface area contributed by atoms with Crippen molar-refractivity contribution in [2.75, 3.05) is 14.1 Å². The monoisotopic (exact) mass is 329 g/mol. The topological polar surface area (TPSA) is 63.3 Å².